The van der Waals surface area contributed by atoms with Crippen molar-refractivity contribution in [2.24, 2.45) is 11.7 Å². The summed E-state index contributed by atoms with van der Waals surface area (Å²) in [5.74, 6) is 0.0875. The Hall–Kier alpha value is -3.39. The highest BCUT2D eigenvalue weighted by atomic mass is 16.5. The number of carbonyl (C=O) groups excluding carboxylic acids is 1. The lowest BCUT2D eigenvalue weighted by atomic mass is 10.0. The van der Waals surface area contributed by atoms with Gasteiger partial charge in [-0.1, -0.05) is 51.5 Å². The molecule has 0 bridgehead atoms. The molecule has 206 valence electrons. The zero-order chi connectivity index (χ0) is 28.2. The third kappa shape index (κ3) is 12.9. The standard InChI is InChI=1S/C15H20N2O3.C9H14.C4H6O2.CH5N/c1-4-6-11-7-13-15(20-9-14(18)19)16-10(3)8-17(13)12(11)5-2;1-2-9-7-5-3-4-6-8-9;1-4(6)2-3-5;1-2/h7-8H,4-6,9H2,1-3H3,(H,18,19);3-5,7,9H,2,6,8H2,1H3;2-3,5H,1H3;2H2,1H3. The summed E-state index contributed by atoms with van der Waals surface area (Å²) in [6.07, 6.45) is 19.5. The molecule has 0 fully saturated rings. The fourth-order valence-corrected chi connectivity index (χ4v) is 3.73. The number of ether oxygens (including phenoxy) is 1. The first-order valence-electron chi connectivity index (χ1n) is 12.8. The van der Waals surface area contributed by atoms with Crippen molar-refractivity contribution in [2.75, 3.05) is 13.7 Å². The Morgan fingerprint density at radius 1 is 1.24 bits per heavy atom. The molecule has 2 aromatic rings. The molecular formula is C29H45N3O5. The molecule has 37 heavy (non-hydrogen) atoms. The number of rotatable bonds is 8. The van der Waals surface area contributed by atoms with E-state index in [0.29, 0.717) is 5.88 Å². The number of carboxylic acid groups (broad SMARTS) is 1. The second kappa shape index (κ2) is 19.8. The van der Waals surface area contributed by atoms with Gasteiger partial charge in [0.05, 0.1) is 12.0 Å². The molecule has 0 aliphatic heterocycles. The lowest BCUT2D eigenvalue weighted by Crippen LogP contribution is -2.11. The predicted octanol–water partition coefficient (Wildman–Crippen LogP) is 5.76. The van der Waals surface area contributed by atoms with Crippen molar-refractivity contribution in [2.45, 2.75) is 73.1 Å². The summed E-state index contributed by atoms with van der Waals surface area (Å²) in [5.41, 5.74) is 8.68. The lowest BCUT2D eigenvalue weighted by molar-refractivity contribution is -0.139. The van der Waals surface area contributed by atoms with E-state index in [1.165, 1.54) is 44.5 Å². The maximum atomic E-state index is 10.7. The van der Waals surface area contributed by atoms with Crippen LogP contribution in [0.5, 0.6) is 5.88 Å². The fraction of sp³-hybridized carbons (Fsp3) is 0.483. The van der Waals surface area contributed by atoms with Crippen LogP contribution in [-0.4, -0.2) is 45.0 Å². The van der Waals surface area contributed by atoms with Crippen LogP contribution in [-0.2, 0) is 22.4 Å². The molecule has 2 aromatic heterocycles. The van der Waals surface area contributed by atoms with Crippen molar-refractivity contribution in [1.29, 1.82) is 0 Å². The second-order valence-corrected chi connectivity index (χ2v) is 8.33. The van der Waals surface area contributed by atoms with Crippen molar-refractivity contribution in [3.63, 3.8) is 0 Å². The zero-order valence-corrected chi connectivity index (χ0v) is 23.2. The first kappa shape index (κ1) is 33.6. The number of ketones is 1. The van der Waals surface area contributed by atoms with E-state index < -0.39 is 5.97 Å². The number of hydrogen-bond acceptors (Lipinski definition) is 6. The Morgan fingerprint density at radius 2 is 1.95 bits per heavy atom. The van der Waals surface area contributed by atoms with Crippen molar-refractivity contribution in [3.05, 3.63) is 65.9 Å². The lowest BCUT2D eigenvalue weighted by Gasteiger charge is -2.08. The van der Waals surface area contributed by atoms with E-state index in [2.05, 4.69) is 66.3 Å². The predicted molar refractivity (Wildman–Crippen MR) is 150 cm³/mol. The molecule has 0 spiro atoms. The minimum atomic E-state index is -0.998. The molecule has 1 aliphatic rings. The Bertz CT molecular complexity index is 1040. The quantitative estimate of drug-likeness (QED) is 0.301. The second-order valence-electron chi connectivity index (χ2n) is 8.33. The molecule has 0 radical (unpaired) electrons. The summed E-state index contributed by atoms with van der Waals surface area (Å²) in [6, 6.07) is 2.06. The Balaban J connectivity index is 0.000000629. The van der Waals surface area contributed by atoms with Crippen molar-refractivity contribution in [1.82, 2.24) is 9.38 Å². The van der Waals surface area contributed by atoms with Crippen LogP contribution in [0, 0.1) is 12.8 Å². The Kier molecular flexibility index (Phi) is 17.9. The molecule has 0 aromatic carbocycles. The van der Waals surface area contributed by atoms with Gasteiger partial charge in [0.1, 0.15) is 5.52 Å². The number of hydrogen-bond donors (Lipinski definition) is 3. The number of allylic oxidation sites excluding steroid dienone is 5. The van der Waals surface area contributed by atoms with Crippen LogP contribution in [0.25, 0.3) is 5.52 Å². The number of nitrogens with two attached hydrogens (primary N) is 1. The van der Waals surface area contributed by atoms with E-state index in [4.69, 9.17) is 14.9 Å². The van der Waals surface area contributed by atoms with Crippen molar-refractivity contribution < 1.29 is 24.5 Å². The minimum Gasteiger partial charge on any atom is -0.515 e. The van der Waals surface area contributed by atoms with Crippen LogP contribution in [0.15, 0.2) is 48.9 Å². The van der Waals surface area contributed by atoms with Gasteiger partial charge in [0.15, 0.2) is 12.4 Å². The summed E-state index contributed by atoms with van der Waals surface area (Å²) < 4.78 is 7.39. The van der Waals surface area contributed by atoms with E-state index in [0.717, 1.165) is 48.7 Å². The third-order valence-corrected chi connectivity index (χ3v) is 5.40. The van der Waals surface area contributed by atoms with Crippen molar-refractivity contribution in [3.8, 4) is 5.88 Å². The van der Waals surface area contributed by atoms with Crippen LogP contribution in [0.3, 0.4) is 0 Å². The van der Waals surface area contributed by atoms with Gasteiger partial charge in [0.2, 0.25) is 5.88 Å². The number of aliphatic hydroxyl groups excluding tert-OH is 1. The average Bonchev–Trinajstić information content (AvgIpc) is 3.03. The SMILES string of the molecule is CC(=O)C=CO.CCC1C=CC=CCC1.CCCc1cc2c(OCC(=O)O)nc(C)cn2c1CC.CN. The summed E-state index contributed by atoms with van der Waals surface area (Å²) in [6.45, 7) is 9.39. The van der Waals surface area contributed by atoms with E-state index in [9.17, 15) is 9.59 Å². The zero-order valence-electron chi connectivity index (χ0n) is 23.2. The first-order chi connectivity index (χ1) is 17.8. The van der Waals surface area contributed by atoms with E-state index >= 15 is 0 Å². The van der Waals surface area contributed by atoms with Gasteiger partial charge in [-0.2, -0.15) is 0 Å². The smallest absolute Gasteiger partial charge is 0.341 e. The maximum absolute atomic E-state index is 10.7. The Morgan fingerprint density at radius 3 is 2.46 bits per heavy atom. The largest absolute Gasteiger partial charge is 0.515 e. The number of aromatic nitrogens is 2. The van der Waals surface area contributed by atoms with Gasteiger partial charge in [-0.05, 0) is 70.5 Å². The molecule has 0 saturated heterocycles. The number of aryl methyl sites for hydroxylation is 3. The first-order valence-corrected chi connectivity index (χ1v) is 12.8. The molecule has 0 saturated carbocycles. The normalized spacial score (nSPS) is 14.0. The molecule has 8 nitrogen and oxygen atoms in total. The van der Waals surface area contributed by atoms with Gasteiger partial charge in [0.25, 0.3) is 0 Å². The summed E-state index contributed by atoms with van der Waals surface area (Å²) in [5, 5.41) is 16.6. The van der Waals surface area contributed by atoms with E-state index in [1.807, 2.05) is 13.1 Å². The molecule has 4 N–H and O–H groups in total. The summed E-state index contributed by atoms with van der Waals surface area (Å²) >= 11 is 0. The monoisotopic (exact) mass is 515 g/mol. The van der Waals surface area contributed by atoms with Gasteiger partial charge in [-0.3, -0.25) is 4.79 Å². The fourth-order valence-electron chi connectivity index (χ4n) is 3.73. The number of nitrogens with zero attached hydrogens (tertiary/aromatic N) is 2. The molecule has 3 rings (SSSR count). The number of aliphatic carboxylic acids is 1. The van der Waals surface area contributed by atoms with Crippen LogP contribution >= 0.6 is 0 Å². The number of carboxylic acids is 1. The molecule has 0 amide bonds. The van der Waals surface area contributed by atoms with Crippen molar-refractivity contribution >= 4 is 17.3 Å². The third-order valence-electron chi connectivity index (χ3n) is 5.40. The summed E-state index contributed by atoms with van der Waals surface area (Å²) in [4.78, 5) is 24.8. The van der Waals surface area contributed by atoms with Crippen LogP contribution < -0.4 is 10.5 Å². The molecule has 1 aliphatic carbocycles. The average molecular weight is 516 g/mol. The highest BCUT2D eigenvalue weighted by Crippen LogP contribution is 2.26. The van der Waals surface area contributed by atoms with Crippen LogP contribution in [0.4, 0.5) is 0 Å². The molecule has 8 heteroatoms. The van der Waals surface area contributed by atoms with E-state index in [1.54, 1.807) is 0 Å². The Labute approximate surface area is 221 Å². The number of aliphatic hydroxyl groups is 1. The molecule has 1 unspecified atom stereocenters. The van der Waals surface area contributed by atoms with Crippen LogP contribution in [0.2, 0.25) is 0 Å². The highest BCUT2D eigenvalue weighted by molar-refractivity contribution is 5.86. The summed E-state index contributed by atoms with van der Waals surface area (Å²) in [7, 11) is 1.50. The molecule has 1 atom stereocenters. The number of carbonyl (C=O) groups is 2. The maximum Gasteiger partial charge on any atom is 0.341 e. The van der Waals surface area contributed by atoms with Gasteiger partial charge in [0, 0.05) is 18.0 Å². The van der Waals surface area contributed by atoms with Gasteiger partial charge < -0.3 is 25.1 Å². The molecule has 2 heterocycles. The minimum absolute atomic E-state index is 0.141. The number of fused-ring (bicyclic) bond motifs is 1. The molecular weight excluding hydrogens is 470 g/mol. The van der Waals surface area contributed by atoms with Gasteiger partial charge >= 0.3 is 5.97 Å². The van der Waals surface area contributed by atoms with Gasteiger partial charge in [-0.25, -0.2) is 9.78 Å². The van der Waals surface area contributed by atoms with E-state index in [-0.39, 0.29) is 12.4 Å². The van der Waals surface area contributed by atoms with Crippen LogP contribution in [0.1, 0.15) is 70.3 Å². The highest BCUT2D eigenvalue weighted by Gasteiger charge is 2.14. The topological polar surface area (TPSA) is 127 Å². The van der Waals surface area contributed by atoms with Gasteiger partial charge in [-0.15, -0.1) is 0 Å².